The van der Waals surface area contributed by atoms with Crippen LogP contribution < -0.4 is 4.74 Å². The van der Waals surface area contributed by atoms with Crippen LogP contribution in [0, 0.1) is 5.82 Å². The van der Waals surface area contributed by atoms with Crippen LogP contribution in [0.2, 0.25) is 0 Å². The summed E-state index contributed by atoms with van der Waals surface area (Å²) < 4.78 is 22.5. The lowest BCUT2D eigenvalue weighted by atomic mass is 10.0. The molecule has 0 saturated carbocycles. The quantitative estimate of drug-likeness (QED) is 0.750. The Morgan fingerprint density at radius 1 is 1.35 bits per heavy atom. The smallest absolute Gasteiger partial charge is 0.337 e. The minimum absolute atomic E-state index is 0.234. The Hall–Kier alpha value is -1.66. The molecule has 0 radical (unpaired) electrons. The van der Waals surface area contributed by atoms with E-state index in [1.165, 1.54) is 19.2 Å². The molecule has 0 spiro atoms. The number of esters is 1. The van der Waals surface area contributed by atoms with Crippen LogP contribution >= 0.6 is 0 Å². The lowest BCUT2D eigenvalue weighted by Gasteiger charge is -2.17. The van der Waals surface area contributed by atoms with Crippen molar-refractivity contribution < 1.29 is 28.9 Å². The summed E-state index contributed by atoms with van der Waals surface area (Å²) in [6, 6.07) is 3.63. The van der Waals surface area contributed by atoms with E-state index < -0.39 is 24.0 Å². The zero-order chi connectivity index (χ0) is 13.0. The average Bonchev–Trinajstić information content (AvgIpc) is 2.36. The molecule has 6 heteroatoms. The first-order valence-corrected chi connectivity index (χ1v) is 4.78. The molecule has 1 aromatic rings. The highest BCUT2D eigenvalue weighted by atomic mass is 19.1. The molecule has 0 aliphatic carbocycles. The number of hydrogen-bond acceptors (Lipinski definition) is 5. The van der Waals surface area contributed by atoms with E-state index in [2.05, 4.69) is 4.74 Å². The molecular formula is C11H13FO5. The molecule has 1 aromatic carbocycles. The molecule has 1 rings (SSSR count). The lowest BCUT2D eigenvalue weighted by Crippen LogP contribution is -2.29. The van der Waals surface area contributed by atoms with Crippen molar-refractivity contribution in [1.82, 2.24) is 0 Å². The second-order valence-electron chi connectivity index (χ2n) is 3.30. The van der Waals surface area contributed by atoms with Gasteiger partial charge in [-0.1, -0.05) is 0 Å². The SMILES string of the molecule is COC(=O)C(O)C(O)c1cc(OC)ccc1F. The van der Waals surface area contributed by atoms with E-state index in [0.717, 1.165) is 13.2 Å². The fourth-order valence-corrected chi connectivity index (χ4v) is 1.30. The molecule has 2 N–H and O–H groups in total. The van der Waals surface area contributed by atoms with Gasteiger partial charge in [0.2, 0.25) is 0 Å². The Bertz CT molecular complexity index is 407. The Morgan fingerprint density at radius 3 is 2.53 bits per heavy atom. The van der Waals surface area contributed by atoms with Crippen LogP contribution in [-0.4, -0.2) is 36.5 Å². The Labute approximate surface area is 97.4 Å². The molecule has 0 bridgehead atoms. The molecule has 0 aliphatic heterocycles. The number of halogens is 1. The number of carbonyl (C=O) groups excluding carboxylic acids is 1. The molecule has 0 amide bonds. The molecule has 0 saturated heterocycles. The van der Waals surface area contributed by atoms with Gasteiger partial charge < -0.3 is 19.7 Å². The normalized spacial score (nSPS) is 13.9. The molecule has 2 atom stereocenters. The number of rotatable bonds is 4. The number of hydrogen-bond donors (Lipinski definition) is 2. The molecular weight excluding hydrogens is 231 g/mol. The molecule has 0 heterocycles. The van der Waals surface area contributed by atoms with Gasteiger partial charge in [0.25, 0.3) is 0 Å². The topological polar surface area (TPSA) is 76.0 Å². The first-order chi connectivity index (χ1) is 8.01. The van der Waals surface area contributed by atoms with Crippen LogP contribution in [0.5, 0.6) is 5.75 Å². The Morgan fingerprint density at radius 2 is 2.00 bits per heavy atom. The Kier molecular flexibility index (Phi) is 4.42. The highest BCUT2D eigenvalue weighted by Gasteiger charge is 2.28. The summed E-state index contributed by atoms with van der Waals surface area (Å²) in [4.78, 5) is 11.0. The zero-order valence-electron chi connectivity index (χ0n) is 9.38. The molecule has 94 valence electrons. The predicted molar refractivity (Wildman–Crippen MR) is 55.9 cm³/mol. The van der Waals surface area contributed by atoms with Gasteiger partial charge in [-0.15, -0.1) is 0 Å². The minimum atomic E-state index is -1.85. The van der Waals surface area contributed by atoms with Gasteiger partial charge in [-0.25, -0.2) is 9.18 Å². The van der Waals surface area contributed by atoms with Gasteiger partial charge in [-0.2, -0.15) is 0 Å². The van der Waals surface area contributed by atoms with Crippen LogP contribution in [0.4, 0.5) is 4.39 Å². The van der Waals surface area contributed by atoms with Crippen molar-refractivity contribution in [1.29, 1.82) is 0 Å². The largest absolute Gasteiger partial charge is 0.497 e. The highest BCUT2D eigenvalue weighted by Crippen LogP contribution is 2.25. The molecule has 0 aliphatic rings. The summed E-state index contributed by atoms with van der Waals surface area (Å²) >= 11 is 0. The Balaban J connectivity index is 3.02. The van der Waals surface area contributed by atoms with Crippen LogP contribution in [0.3, 0.4) is 0 Å². The minimum Gasteiger partial charge on any atom is -0.497 e. The summed E-state index contributed by atoms with van der Waals surface area (Å²) in [5.41, 5.74) is -0.234. The highest BCUT2D eigenvalue weighted by molar-refractivity contribution is 5.75. The first kappa shape index (κ1) is 13.4. The average molecular weight is 244 g/mol. The van der Waals surface area contributed by atoms with E-state index in [9.17, 15) is 19.4 Å². The second kappa shape index (κ2) is 5.60. The van der Waals surface area contributed by atoms with Crippen molar-refractivity contribution in [3.63, 3.8) is 0 Å². The van der Waals surface area contributed by atoms with Gasteiger partial charge in [0.15, 0.2) is 6.10 Å². The maximum atomic E-state index is 13.4. The van der Waals surface area contributed by atoms with Crippen molar-refractivity contribution in [2.75, 3.05) is 14.2 Å². The summed E-state index contributed by atoms with van der Waals surface area (Å²) in [5, 5.41) is 19.0. The van der Waals surface area contributed by atoms with E-state index in [4.69, 9.17) is 4.74 Å². The third kappa shape index (κ3) is 2.92. The van der Waals surface area contributed by atoms with Gasteiger partial charge in [-0.3, -0.25) is 0 Å². The van der Waals surface area contributed by atoms with Gasteiger partial charge in [0, 0.05) is 5.56 Å². The van der Waals surface area contributed by atoms with Crippen LogP contribution in [-0.2, 0) is 9.53 Å². The fraction of sp³-hybridized carbons (Fsp3) is 0.364. The molecule has 0 aromatic heterocycles. The van der Waals surface area contributed by atoms with Crippen LogP contribution in [0.15, 0.2) is 18.2 Å². The molecule has 0 fully saturated rings. The lowest BCUT2D eigenvalue weighted by molar-refractivity contribution is -0.156. The van der Waals surface area contributed by atoms with E-state index in [1.807, 2.05) is 0 Å². The van der Waals surface area contributed by atoms with E-state index in [-0.39, 0.29) is 5.56 Å². The number of aliphatic hydroxyl groups excluding tert-OH is 2. The van der Waals surface area contributed by atoms with Gasteiger partial charge in [0.1, 0.15) is 17.7 Å². The van der Waals surface area contributed by atoms with Crippen molar-refractivity contribution in [3.8, 4) is 5.75 Å². The third-order valence-corrected chi connectivity index (χ3v) is 2.26. The summed E-state index contributed by atoms with van der Waals surface area (Å²) in [6.07, 6.45) is -3.56. The maximum Gasteiger partial charge on any atom is 0.337 e. The number of benzene rings is 1. The molecule has 2 unspecified atom stereocenters. The number of carbonyl (C=O) groups is 1. The van der Waals surface area contributed by atoms with Gasteiger partial charge >= 0.3 is 5.97 Å². The van der Waals surface area contributed by atoms with Crippen LogP contribution in [0.25, 0.3) is 0 Å². The van der Waals surface area contributed by atoms with Crippen molar-refractivity contribution in [3.05, 3.63) is 29.6 Å². The second-order valence-corrected chi connectivity index (χ2v) is 3.30. The monoisotopic (exact) mass is 244 g/mol. The summed E-state index contributed by atoms with van der Waals surface area (Å²) in [6.45, 7) is 0. The fourth-order valence-electron chi connectivity index (χ4n) is 1.30. The third-order valence-electron chi connectivity index (χ3n) is 2.26. The van der Waals surface area contributed by atoms with Gasteiger partial charge in [0.05, 0.1) is 14.2 Å². The first-order valence-electron chi connectivity index (χ1n) is 4.78. The summed E-state index contributed by atoms with van der Waals surface area (Å²) in [7, 11) is 2.43. The van der Waals surface area contributed by atoms with Crippen molar-refractivity contribution in [2.45, 2.75) is 12.2 Å². The maximum absolute atomic E-state index is 13.4. The summed E-state index contributed by atoms with van der Waals surface area (Å²) in [5.74, 6) is -1.49. The van der Waals surface area contributed by atoms with Crippen molar-refractivity contribution >= 4 is 5.97 Å². The molecule has 5 nitrogen and oxygen atoms in total. The number of methoxy groups -OCH3 is 2. The van der Waals surface area contributed by atoms with E-state index >= 15 is 0 Å². The predicted octanol–water partition coefficient (Wildman–Crippen LogP) is 0.402. The number of aliphatic hydroxyl groups is 2. The zero-order valence-corrected chi connectivity index (χ0v) is 9.38. The number of ether oxygens (including phenoxy) is 2. The van der Waals surface area contributed by atoms with Crippen molar-refractivity contribution in [2.24, 2.45) is 0 Å². The van der Waals surface area contributed by atoms with E-state index in [0.29, 0.717) is 5.75 Å². The van der Waals surface area contributed by atoms with E-state index in [1.54, 1.807) is 0 Å². The van der Waals surface area contributed by atoms with Crippen LogP contribution in [0.1, 0.15) is 11.7 Å². The van der Waals surface area contributed by atoms with Gasteiger partial charge in [-0.05, 0) is 18.2 Å². The molecule has 17 heavy (non-hydrogen) atoms. The standard InChI is InChI=1S/C11H13FO5/c1-16-6-3-4-8(12)7(5-6)9(13)10(14)11(15)17-2/h3-5,9-10,13-14H,1-2H3.